The number of unbranched alkanes of at least 4 members (excludes halogenated alkanes) is 2. The molecule has 1 aliphatic rings. The first-order chi connectivity index (χ1) is 12.0. The molecule has 0 radical (unpaired) electrons. The predicted molar refractivity (Wildman–Crippen MR) is 92.0 cm³/mol. The molecule has 0 heterocycles. The van der Waals surface area contributed by atoms with E-state index in [1.807, 2.05) is 0 Å². The Kier molecular flexibility index (Phi) is 9.16. The third-order valence-corrected chi connectivity index (χ3v) is 4.01. The van der Waals surface area contributed by atoms with E-state index in [4.69, 9.17) is 14.3 Å². The number of hydrogen-bond acceptors (Lipinski definition) is 6. The second kappa shape index (κ2) is 10.8. The third kappa shape index (κ3) is 6.14. The lowest BCUT2D eigenvalue weighted by atomic mass is 9.96. The van der Waals surface area contributed by atoms with E-state index >= 15 is 0 Å². The van der Waals surface area contributed by atoms with E-state index < -0.39 is 17.6 Å². The van der Waals surface area contributed by atoms with Crippen molar-refractivity contribution in [3.05, 3.63) is 11.6 Å². The van der Waals surface area contributed by atoms with E-state index in [0.717, 1.165) is 37.0 Å². The lowest BCUT2D eigenvalue weighted by Gasteiger charge is -2.21. The van der Waals surface area contributed by atoms with Crippen LogP contribution in [0.1, 0.15) is 58.8 Å². The van der Waals surface area contributed by atoms with Crippen LogP contribution < -0.4 is 0 Å². The van der Waals surface area contributed by atoms with Crippen LogP contribution in [0.5, 0.6) is 0 Å². The maximum atomic E-state index is 14.8. The van der Waals surface area contributed by atoms with Gasteiger partial charge >= 0.3 is 17.6 Å². The van der Waals surface area contributed by atoms with E-state index in [2.05, 4.69) is 11.2 Å². The molecular formula is C18H28FNO5. The summed E-state index contributed by atoms with van der Waals surface area (Å²) >= 11 is 0. The number of esters is 2. The van der Waals surface area contributed by atoms with Crippen molar-refractivity contribution in [3.63, 3.8) is 0 Å². The number of hydrogen-bond donors (Lipinski definition) is 0. The molecule has 25 heavy (non-hydrogen) atoms. The molecule has 6 nitrogen and oxygen atoms in total. The van der Waals surface area contributed by atoms with Crippen molar-refractivity contribution in [2.45, 2.75) is 64.5 Å². The molecule has 0 spiro atoms. The number of halogens is 1. The maximum absolute atomic E-state index is 14.8. The summed E-state index contributed by atoms with van der Waals surface area (Å²) in [6, 6.07) is 0. The van der Waals surface area contributed by atoms with E-state index in [0.29, 0.717) is 12.8 Å². The largest absolute Gasteiger partial charge is 0.463 e. The molecule has 1 aliphatic carbocycles. The first-order valence-corrected chi connectivity index (χ1v) is 8.82. The van der Waals surface area contributed by atoms with Gasteiger partial charge in [-0.25, -0.2) is 14.0 Å². The van der Waals surface area contributed by atoms with Crippen LogP contribution in [0.25, 0.3) is 0 Å². The van der Waals surface area contributed by atoms with Crippen LogP contribution in [0, 0.1) is 0 Å². The molecule has 142 valence electrons. The van der Waals surface area contributed by atoms with Crippen LogP contribution in [0.15, 0.2) is 16.8 Å². The van der Waals surface area contributed by atoms with Gasteiger partial charge in [0.05, 0.1) is 18.9 Å². The minimum absolute atomic E-state index is 0.0136. The van der Waals surface area contributed by atoms with Gasteiger partial charge in [0.2, 0.25) is 0 Å². The molecule has 7 heteroatoms. The first kappa shape index (κ1) is 21.1. The molecule has 0 aromatic carbocycles. The van der Waals surface area contributed by atoms with Gasteiger partial charge in [-0.2, -0.15) is 0 Å². The summed E-state index contributed by atoms with van der Waals surface area (Å²) in [7, 11) is 1.52. The fourth-order valence-electron chi connectivity index (χ4n) is 2.76. The lowest BCUT2D eigenvalue weighted by molar-refractivity contribution is -0.175. The normalized spacial score (nSPS) is 15.8. The summed E-state index contributed by atoms with van der Waals surface area (Å²) in [4.78, 5) is 28.5. The molecule has 0 aromatic rings. The molecule has 0 atom stereocenters. The van der Waals surface area contributed by atoms with E-state index in [9.17, 15) is 14.0 Å². The SMILES string of the molecule is CCOC(=O)C(F)(CCCCCC1=CCC/C1=N\OC)C(=O)OCC. The van der Waals surface area contributed by atoms with Crippen LogP contribution in [0.4, 0.5) is 4.39 Å². The van der Waals surface area contributed by atoms with Crippen LogP contribution in [0.3, 0.4) is 0 Å². The Balaban J connectivity index is 2.48. The van der Waals surface area contributed by atoms with E-state index in [1.165, 1.54) is 7.11 Å². The summed E-state index contributed by atoms with van der Waals surface area (Å²) in [5, 5.41) is 4.00. The molecular weight excluding hydrogens is 329 g/mol. The molecule has 0 saturated carbocycles. The van der Waals surface area contributed by atoms with Crippen LogP contribution >= 0.6 is 0 Å². The number of allylic oxidation sites excluding steroid dienone is 2. The number of oxime groups is 1. The highest BCUT2D eigenvalue weighted by molar-refractivity contribution is 6.03. The summed E-state index contributed by atoms with van der Waals surface area (Å²) < 4.78 is 24.2. The van der Waals surface area contributed by atoms with Gasteiger partial charge in [0.1, 0.15) is 7.11 Å². The molecule has 0 amide bonds. The highest BCUT2D eigenvalue weighted by Crippen LogP contribution is 2.26. The van der Waals surface area contributed by atoms with Gasteiger partial charge in [0, 0.05) is 6.42 Å². The summed E-state index contributed by atoms with van der Waals surface area (Å²) in [6.45, 7) is 3.16. The van der Waals surface area contributed by atoms with Crippen molar-refractivity contribution in [3.8, 4) is 0 Å². The van der Waals surface area contributed by atoms with Crippen molar-refractivity contribution in [1.82, 2.24) is 0 Å². The monoisotopic (exact) mass is 357 g/mol. The number of carbonyl (C=O) groups excluding carboxylic acids is 2. The van der Waals surface area contributed by atoms with Gasteiger partial charge in [0.15, 0.2) is 0 Å². The third-order valence-electron chi connectivity index (χ3n) is 4.01. The van der Waals surface area contributed by atoms with Crippen molar-refractivity contribution >= 4 is 17.7 Å². The van der Waals surface area contributed by atoms with Crippen molar-refractivity contribution in [2.24, 2.45) is 5.16 Å². The molecule has 1 rings (SSSR count). The smallest absolute Gasteiger partial charge is 0.355 e. The zero-order valence-electron chi connectivity index (χ0n) is 15.3. The standard InChI is InChI=1S/C18H28FNO5/c1-4-24-16(21)18(19,17(22)25-5-2)13-8-6-7-10-14-11-9-12-15(14)20-23-3/h11H,4-10,12-13H2,1-3H3/b20-15+. The number of carbonyl (C=O) groups is 2. The minimum atomic E-state index is -2.72. The Morgan fingerprint density at radius 2 is 1.80 bits per heavy atom. The van der Waals surface area contributed by atoms with Crippen molar-refractivity contribution < 1.29 is 28.3 Å². The van der Waals surface area contributed by atoms with Crippen LogP contribution in [-0.4, -0.2) is 43.6 Å². The second-order valence-corrected chi connectivity index (χ2v) is 5.79. The van der Waals surface area contributed by atoms with Gasteiger partial charge in [-0.3, -0.25) is 0 Å². The molecule has 0 aromatic heterocycles. The van der Waals surface area contributed by atoms with Crippen LogP contribution in [-0.2, 0) is 23.9 Å². The van der Waals surface area contributed by atoms with Gasteiger partial charge in [-0.05, 0) is 51.5 Å². The average molecular weight is 357 g/mol. The van der Waals surface area contributed by atoms with Crippen molar-refractivity contribution in [1.29, 1.82) is 0 Å². The highest BCUT2D eigenvalue weighted by Gasteiger charge is 2.49. The zero-order chi connectivity index (χ0) is 18.7. The molecule has 0 bridgehead atoms. The lowest BCUT2D eigenvalue weighted by Crippen LogP contribution is -2.45. The van der Waals surface area contributed by atoms with Gasteiger partial charge in [-0.1, -0.05) is 17.7 Å². The molecule has 0 aliphatic heterocycles. The number of nitrogens with zero attached hydrogens (tertiary/aromatic N) is 1. The number of rotatable bonds is 11. The number of alkyl halides is 1. The topological polar surface area (TPSA) is 74.2 Å². The minimum Gasteiger partial charge on any atom is -0.463 e. The number of ether oxygens (including phenoxy) is 2. The molecule has 0 saturated heterocycles. The molecule has 0 N–H and O–H groups in total. The zero-order valence-corrected chi connectivity index (χ0v) is 15.3. The van der Waals surface area contributed by atoms with Crippen molar-refractivity contribution in [2.75, 3.05) is 20.3 Å². The van der Waals surface area contributed by atoms with E-state index in [-0.39, 0.29) is 19.6 Å². The Bertz CT molecular complexity index is 498. The molecule has 0 fully saturated rings. The predicted octanol–water partition coefficient (Wildman–Crippen LogP) is 3.49. The quantitative estimate of drug-likeness (QED) is 0.245. The van der Waals surface area contributed by atoms with Gasteiger partial charge in [0.25, 0.3) is 0 Å². The summed E-state index contributed by atoms with van der Waals surface area (Å²) in [5.41, 5.74) is -0.606. The fraction of sp³-hybridized carbons (Fsp3) is 0.722. The Hall–Kier alpha value is -1.92. The Morgan fingerprint density at radius 1 is 1.16 bits per heavy atom. The summed E-state index contributed by atoms with van der Waals surface area (Å²) in [5.74, 6) is -2.33. The second-order valence-electron chi connectivity index (χ2n) is 5.79. The fourth-order valence-corrected chi connectivity index (χ4v) is 2.76. The highest BCUT2D eigenvalue weighted by atomic mass is 19.1. The van der Waals surface area contributed by atoms with Gasteiger partial charge < -0.3 is 14.3 Å². The molecule has 0 unspecified atom stereocenters. The summed E-state index contributed by atoms with van der Waals surface area (Å²) in [6.07, 6.45) is 6.44. The maximum Gasteiger partial charge on any atom is 0.355 e. The Morgan fingerprint density at radius 3 is 2.36 bits per heavy atom. The first-order valence-electron chi connectivity index (χ1n) is 8.82. The van der Waals surface area contributed by atoms with Crippen LogP contribution in [0.2, 0.25) is 0 Å². The van der Waals surface area contributed by atoms with E-state index in [1.54, 1.807) is 13.8 Å². The average Bonchev–Trinajstić information content (AvgIpc) is 3.02. The Labute approximate surface area is 148 Å². The van der Waals surface area contributed by atoms with Gasteiger partial charge in [-0.15, -0.1) is 0 Å².